The summed E-state index contributed by atoms with van der Waals surface area (Å²) >= 11 is 3.20. The van der Waals surface area contributed by atoms with Gasteiger partial charge in [-0.25, -0.2) is 4.98 Å². The van der Waals surface area contributed by atoms with Gasteiger partial charge in [0.15, 0.2) is 0 Å². The molecule has 146 valence electrons. The molecular weight excluding hydrogens is 378 g/mol. The number of thiazole rings is 1. The summed E-state index contributed by atoms with van der Waals surface area (Å²) in [6.45, 7) is 7.97. The zero-order chi connectivity index (χ0) is 19.4. The lowest BCUT2D eigenvalue weighted by atomic mass is 9.98. The summed E-state index contributed by atoms with van der Waals surface area (Å²) in [6.07, 6.45) is 2.84. The van der Waals surface area contributed by atoms with E-state index in [0.29, 0.717) is 12.5 Å². The molecule has 2 aromatic heterocycles. The molecule has 5 nitrogen and oxygen atoms in total. The van der Waals surface area contributed by atoms with Crippen molar-refractivity contribution in [1.82, 2.24) is 15.2 Å². The molecule has 1 N–H and O–H groups in total. The number of nitrogens with zero attached hydrogens (tertiary/aromatic N) is 2. The molecule has 0 saturated carbocycles. The van der Waals surface area contributed by atoms with Gasteiger partial charge in [0.1, 0.15) is 0 Å². The smallest absolute Gasteiger partial charge is 0.264 e. The molecule has 1 fully saturated rings. The molecule has 2 aromatic rings. The quantitative estimate of drug-likeness (QED) is 0.794. The van der Waals surface area contributed by atoms with Crippen molar-refractivity contribution in [3.8, 4) is 0 Å². The van der Waals surface area contributed by atoms with Gasteiger partial charge in [-0.2, -0.15) is 0 Å². The number of nitrogens with one attached hydrogen (secondary N) is 1. The standard InChI is InChI=1S/C20H27N3O2S2/c1-13(2)18(24)21-8-6-16-12-27-19(22-16)15-5-4-9-23(11-15)20(25)17-14(3)7-10-26-17/h7,10,12-13,15H,4-6,8-9,11H2,1-3H3,(H,21,24). The topological polar surface area (TPSA) is 62.3 Å². The van der Waals surface area contributed by atoms with Crippen LogP contribution in [0.3, 0.4) is 0 Å². The molecule has 2 amide bonds. The molecule has 1 atom stereocenters. The van der Waals surface area contributed by atoms with Crippen molar-refractivity contribution in [2.24, 2.45) is 5.92 Å². The van der Waals surface area contributed by atoms with Crippen LogP contribution >= 0.6 is 22.7 Å². The van der Waals surface area contributed by atoms with Crippen molar-refractivity contribution in [2.75, 3.05) is 19.6 Å². The molecule has 0 aliphatic carbocycles. The van der Waals surface area contributed by atoms with Crippen LogP contribution in [0.15, 0.2) is 16.8 Å². The Morgan fingerprint density at radius 2 is 2.19 bits per heavy atom. The summed E-state index contributed by atoms with van der Waals surface area (Å²) in [4.78, 5) is 32.1. The van der Waals surface area contributed by atoms with E-state index in [9.17, 15) is 9.59 Å². The van der Waals surface area contributed by atoms with E-state index >= 15 is 0 Å². The van der Waals surface area contributed by atoms with Gasteiger partial charge >= 0.3 is 0 Å². The van der Waals surface area contributed by atoms with Crippen LogP contribution in [0.5, 0.6) is 0 Å². The third-order valence-electron chi connectivity index (χ3n) is 4.89. The van der Waals surface area contributed by atoms with Crippen LogP contribution < -0.4 is 5.32 Å². The number of likely N-dealkylation sites (tertiary alicyclic amines) is 1. The maximum absolute atomic E-state index is 12.8. The molecular formula is C20H27N3O2S2. The Kier molecular flexibility index (Phi) is 6.65. The van der Waals surface area contributed by atoms with Crippen LogP contribution in [0.2, 0.25) is 0 Å². The fourth-order valence-corrected chi connectivity index (χ4v) is 5.12. The summed E-state index contributed by atoms with van der Waals surface area (Å²) in [5.41, 5.74) is 2.09. The minimum absolute atomic E-state index is 0.00809. The van der Waals surface area contributed by atoms with Crippen molar-refractivity contribution < 1.29 is 9.59 Å². The lowest BCUT2D eigenvalue weighted by Crippen LogP contribution is -2.39. The fraction of sp³-hybridized carbons (Fsp3) is 0.550. The highest BCUT2D eigenvalue weighted by Gasteiger charge is 2.28. The van der Waals surface area contributed by atoms with E-state index in [2.05, 4.69) is 10.7 Å². The third kappa shape index (κ3) is 4.96. The lowest BCUT2D eigenvalue weighted by Gasteiger charge is -2.31. The third-order valence-corrected chi connectivity index (χ3v) is 6.95. The first-order chi connectivity index (χ1) is 13.0. The Bertz CT molecular complexity index is 797. The van der Waals surface area contributed by atoms with E-state index in [-0.39, 0.29) is 17.7 Å². The first-order valence-corrected chi connectivity index (χ1v) is 11.3. The van der Waals surface area contributed by atoms with Crippen molar-refractivity contribution in [1.29, 1.82) is 0 Å². The van der Waals surface area contributed by atoms with E-state index in [1.54, 1.807) is 11.3 Å². The molecule has 3 heterocycles. The number of hydrogen-bond acceptors (Lipinski definition) is 5. The minimum Gasteiger partial charge on any atom is -0.355 e. The molecule has 0 spiro atoms. The summed E-state index contributed by atoms with van der Waals surface area (Å²) in [5, 5.41) is 8.11. The monoisotopic (exact) mass is 405 g/mol. The van der Waals surface area contributed by atoms with Gasteiger partial charge in [0.05, 0.1) is 15.6 Å². The van der Waals surface area contributed by atoms with Crippen LogP contribution in [-0.2, 0) is 11.2 Å². The predicted molar refractivity (Wildman–Crippen MR) is 111 cm³/mol. The van der Waals surface area contributed by atoms with Gasteiger partial charge in [-0.1, -0.05) is 13.8 Å². The molecule has 1 saturated heterocycles. The molecule has 1 unspecified atom stereocenters. The van der Waals surface area contributed by atoms with Gasteiger partial charge in [0, 0.05) is 43.3 Å². The van der Waals surface area contributed by atoms with Crippen LogP contribution in [0, 0.1) is 12.8 Å². The van der Waals surface area contributed by atoms with E-state index in [1.165, 1.54) is 11.3 Å². The molecule has 0 aromatic carbocycles. The number of aromatic nitrogens is 1. The van der Waals surface area contributed by atoms with E-state index in [0.717, 1.165) is 53.5 Å². The van der Waals surface area contributed by atoms with E-state index in [4.69, 9.17) is 4.98 Å². The Morgan fingerprint density at radius 1 is 1.37 bits per heavy atom. The van der Waals surface area contributed by atoms with Crippen molar-refractivity contribution in [3.63, 3.8) is 0 Å². The fourth-order valence-electron chi connectivity index (χ4n) is 3.24. The first-order valence-electron chi connectivity index (χ1n) is 9.51. The number of aryl methyl sites for hydroxylation is 1. The van der Waals surface area contributed by atoms with Gasteiger partial charge in [-0.3, -0.25) is 9.59 Å². The average molecular weight is 406 g/mol. The van der Waals surface area contributed by atoms with Crippen molar-refractivity contribution >= 4 is 34.5 Å². The van der Waals surface area contributed by atoms with Gasteiger partial charge in [0.2, 0.25) is 5.91 Å². The van der Waals surface area contributed by atoms with Gasteiger partial charge < -0.3 is 10.2 Å². The number of carbonyl (C=O) groups is 2. The Hall–Kier alpha value is -1.73. The summed E-state index contributed by atoms with van der Waals surface area (Å²) in [7, 11) is 0. The minimum atomic E-state index is 0.00809. The molecule has 0 bridgehead atoms. The second kappa shape index (κ2) is 8.97. The highest BCUT2D eigenvalue weighted by atomic mass is 32.1. The number of amides is 2. The molecule has 3 rings (SSSR count). The lowest BCUT2D eigenvalue weighted by molar-refractivity contribution is -0.123. The number of hydrogen-bond donors (Lipinski definition) is 1. The number of rotatable bonds is 6. The largest absolute Gasteiger partial charge is 0.355 e. The normalized spacial score (nSPS) is 17.3. The van der Waals surface area contributed by atoms with Gasteiger partial charge in [0.25, 0.3) is 5.91 Å². The summed E-state index contributed by atoms with van der Waals surface area (Å²) in [5.74, 6) is 0.553. The van der Waals surface area contributed by atoms with Crippen LogP contribution in [0.25, 0.3) is 0 Å². The second-order valence-corrected chi connectivity index (χ2v) is 9.20. The number of thiophene rings is 1. The summed E-state index contributed by atoms with van der Waals surface area (Å²) in [6, 6.07) is 2.00. The zero-order valence-corrected chi connectivity index (χ0v) is 17.8. The van der Waals surface area contributed by atoms with Crippen LogP contribution in [-0.4, -0.2) is 41.3 Å². The van der Waals surface area contributed by atoms with E-state index in [1.807, 2.05) is 37.1 Å². The Labute approximate surface area is 168 Å². The maximum atomic E-state index is 12.8. The molecule has 1 aliphatic heterocycles. The van der Waals surface area contributed by atoms with Gasteiger partial charge in [-0.05, 0) is 36.8 Å². The maximum Gasteiger partial charge on any atom is 0.264 e. The van der Waals surface area contributed by atoms with Crippen LogP contribution in [0.1, 0.15) is 58.5 Å². The second-order valence-electron chi connectivity index (χ2n) is 7.40. The van der Waals surface area contributed by atoms with E-state index < -0.39 is 0 Å². The van der Waals surface area contributed by atoms with Gasteiger partial charge in [-0.15, -0.1) is 22.7 Å². The van der Waals surface area contributed by atoms with Crippen LogP contribution in [0.4, 0.5) is 0 Å². The Morgan fingerprint density at radius 3 is 2.89 bits per heavy atom. The highest BCUT2D eigenvalue weighted by Crippen LogP contribution is 2.31. The molecule has 7 heteroatoms. The molecule has 1 aliphatic rings. The number of carbonyl (C=O) groups excluding carboxylic acids is 2. The average Bonchev–Trinajstić information content (AvgIpc) is 3.30. The first kappa shape index (κ1) is 20.0. The van der Waals surface area contributed by atoms with Crippen molar-refractivity contribution in [3.05, 3.63) is 38.0 Å². The van der Waals surface area contributed by atoms with Crippen molar-refractivity contribution in [2.45, 2.75) is 46.0 Å². The number of piperidine rings is 1. The summed E-state index contributed by atoms with van der Waals surface area (Å²) < 4.78 is 0. The predicted octanol–water partition coefficient (Wildman–Crippen LogP) is 3.85. The zero-order valence-electron chi connectivity index (χ0n) is 16.2. The molecule has 27 heavy (non-hydrogen) atoms. The highest BCUT2D eigenvalue weighted by molar-refractivity contribution is 7.12. The SMILES string of the molecule is Cc1ccsc1C(=O)N1CCCC(c2nc(CCNC(=O)C(C)C)cs2)C1. The Balaban J connectivity index is 1.57. The molecule has 0 radical (unpaired) electrons.